The number of ketones is 1. The van der Waals surface area contributed by atoms with Crippen LogP contribution < -0.4 is 0 Å². The molecular formula is C24H33N3O4. The van der Waals surface area contributed by atoms with Crippen molar-refractivity contribution in [1.82, 2.24) is 9.47 Å². The molecule has 2 heterocycles. The smallest absolute Gasteiger partial charge is 0.349 e. The van der Waals surface area contributed by atoms with Gasteiger partial charge >= 0.3 is 5.97 Å². The van der Waals surface area contributed by atoms with Crippen molar-refractivity contribution in [2.75, 3.05) is 6.61 Å². The first-order valence-corrected chi connectivity index (χ1v) is 10.6. The summed E-state index contributed by atoms with van der Waals surface area (Å²) in [6.45, 7) is 13.7. The number of hydrogen-bond acceptors (Lipinski definition) is 5. The summed E-state index contributed by atoms with van der Waals surface area (Å²) in [6, 6.07) is 3.81. The molecule has 1 saturated heterocycles. The molecule has 1 amide bonds. The molecule has 2 rings (SSSR count). The van der Waals surface area contributed by atoms with Crippen molar-refractivity contribution in [3.63, 3.8) is 0 Å². The zero-order valence-corrected chi connectivity index (χ0v) is 19.7. The molecule has 168 valence electrons. The molecule has 0 N–H and O–H groups in total. The Balaban J connectivity index is 2.16. The maximum absolute atomic E-state index is 12.9. The Bertz CT molecular complexity index is 940. The predicted octanol–water partition coefficient (Wildman–Crippen LogP) is 3.71. The van der Waals surface area contributed by atoms with Gasteiger partial charge in [0.2, 0.25) is 0 Å². The van der Waals surface area contributed by atoms with Gasteiger partial charge in [-0.15, -0.1) is 0 Å². The van der Waals surface area contributed by atoms with Crippen molar-refractivity contribution >= 4 is 23.7 Å². The number of hydrogen-bond donors (Lipinski definition) is 0. The third-order valence-corrected chi connectivity index (χ3v) is 5.75. The molecule has 0 aromatic carbocycles. The van der Waals surface area contributed by atoms with Crippen molar-refractivity contribution in [2.45, 2.75) is 85.4 Å². The summed E-state index contributed by atoms with van der Waals surface area (Å²) in [7, 11) is 0. The minimum absolute atomic E-state index is 0.103. The highest BCUT2D eigenvalue weighted by Crippen LogP contribution is 2.36. The van der Waals surface area contributed by atoms with Gasteiger partial charge in [-0.3, -0.25) is 9.59 Å². The molecule has 1 aliphatic heterocycles. The number of aryl methyl sites for hydroxylation is 1. The molecule has 0 aliphatic carbocycles. The Morgan fingerprint density at radius 2 is 1.77 bits per heavy atom. The van der Waals surface area contributed by atoms with Crippen LogP contribution in [0.5, 0.6) is 0 Å². The Labute approximate surface area is 184 Å². The van der Waals surface area contributed by atoms with E-state index < -0.39 is 23.7 Å². The van der Waals surface area contributed by atoms with Gasteiger partial charge < -0.3 is 14.2 Å². The largest absolute Gasteiger partial charge is 0.451 e. The zero-order chi connectivity index (χ0) is 23.6. The molecule has 1 fully saturated rings. The minimum Gasteiger partial charge on any atom is -0.451 e. The summed E-state index contributed by atoms with van der Waals surface area (Å²) in [4.78, 5) is 39.1. The number of likely N-dealkylation sites (tertiary alicyclic amines) is 1. The van der Waals surface area contributed by atoms with E-state index in [2.05, 4.69) is 11.5 Å². The van der Waals surface area contributed by atoms with E-state index in [0.29, 0.717) is 0 Å². The van der Waals surface area contributed by atoms with E-state index in [4.69, 9.17) is 4.74 Å². The number of Topliss-reactive ketones (excluding diaryl/α,β-unsaturated/α-hetero) is 1. The molecule has 1 aliphatic rings. The van der Waals surface area contributed by atoms with Gasteiger partial charge in [-0.25, -0.2) is 4.79 Å². The molecular weight excluding hydrogens is 394 g/mol. The summed E-state index contributed by atoms with van der Waals surface area (Å²) in [5.74, 6) is -1.11. The molecule has 7 nitrogen and oxygen atoms in total. The molecule has 0 atom stereocenters. The van der Waals surface area contributed by atoms with Crippen LogP contribution in [-0.4, -0.2) is 44.8 Å². The second kappa shape index (κ2) is 9.09. The van der Waals surface area contributed by atoms with Gasteiger partial charge in [-0.05, 0) is 65.7 Å². The molecule has 0 unspecified atom stereocenters. The number of aromatic nitrogens is 1. The van der Waals surface area contributed by atoms with E-state index in [9.17, 15) is 19.6 Å². The third-order valence-electron chi connectivity index (χ3n) is 5.75. The first kappa shape index (κ1) is 24.4. The van der Waals surface area contributed by atoms with Crippen LogP contribution in [0.4, 0.5) is 0 Å². The van der Waals surface area contributed by atoms with Gasteiger partial charge in [0, 0.05) is 41.9 Å². The van der Waals surface area contributed by atoms with Crippen molar-refractivity contribution in [1.29, 1.82) is 5.26 Å². The standard InChI is InChI=1S/C24H33N3O4/c1-8-9-26-16(2)10-18(17(26)3)11-19(14-25)22(30)31-15-21(29)27-23(4,5)12-20(28)13-24(27,6)7/h10-11H,8-9,12-13,15H2,1-7H3/b19-11+. The SMILES string of the molecule is CCCn1c(C)cc(/C=C(\C#N)C(=O)OCC(=O)N2C(C)(C)CC(=O)CC2(C)C)c1C. The molecule has 1 aromatic rings. The fourth-order valence-electron chi connectivity index (χ4n) is 4.78. The van der Waals surface area contributed by atoms with Crippen LogP contribution in [0.1, 0.15) is 70.8 Å². The highest BCUT2D eigenvalue weighted by atomic mass is 16.5. The van der Waals surface area contributed by atoms with Crippen LogP contribution in [0.15, 0.2) is 11.6 Å². The van der Waals surface area contributed by atoms with Gasteiger partial charge in [0.1, 0.15) is 17.4 Å². The number of carbonyl (C=O) groups excluding carboxylic acids is 3. The number of esters is 1. The fourth-order valence-corrected chi connectivity index (χ4v) is 4.78. The van der Waals surface area contributed by atoms with Gasteiger partial charge in [-0.1, -0.05) is 6.92 Å². The normalized spacial score (nSPS) is 17.9. The number of nitrogens with zero attached hydrogens (tertiary/aromatic N) is 3. The van der Waals surface area contributed by atoms with E-state index in [-0.39, 0.29) is 30.1 Å². The van der Waals surface area contributed by atoms with Crippen LogP contribution in [0, 0.1) is 25.2 Å². The van der Waals surface area contributed by atoms with Crippen LogP contribution >= 0.6 is 0 Å². The maximum Gasteiger partial charge on any atom is 0.349 e. The fraction of sp³-hybridized carbons (Fsp3) is 0.583. The molecule has 0 bridgehead atoms. The molecule has 0 saturated carbocycles. The molecule has 31 heavy (non-hydrogen) atoms. The number of nitriles is 1. The summed E-state index contributed by atoms with van der Waals surface area (Å²) in [5, 5.41) is 9.48. The molecule has 0 spiro atoms. The summed E-state index contributed by atoms with van der Waals surface area (Å²) in [5.41, 5.74) is 1.30. The molecule has 7 heteroatoms. The highest BCUT2D eigenvalue weighted by Gasteiger charge is 2.47. The van der Waals surface area contributed by atoms with Crippen molar-refractivity contribution in [3.8, 4) is 6.07 Å². The zero-order valence-electron chi connectivity index (χ0n) is 19.7. The topological polar surface area (TPSA) is 92.4 Å². The average Bonchev–Trinajstić information content (AvgIpc) is 2.89. The lowest BCUT2D eigenvalue weighted by atomic mass is 9.79. The lowest BCUT2D eigenvalue weighted by molar-refractivity contribution is -0.162. The number of rotatable bonds is 6. The van der Waals surface area contributed by atoms with Crippen molar-refractivity contribution < 1.29 is 19.1 Å². The Hall–Kier alpha value is -2.88. The van der Waals surface area contributed by atoms with Gasteiger partial charge in [0.15, 0.2) is 6.61 Å². The Kier molecular flexibility index (Phi) is 7.15. The molecule has 1 aromatic heterocycles. The average molecular weight is 428 g/mol. The summed E-state index contributed by atoms with van der Waals surface area (Å²) < 4.78 is 7.34. The quantitative estimate of drug-likeness (QED) is 0.392. The van der Waals surface area contributed by atoms with Gasteiger partial charge in [0.05, 0.1) is 0 Å². The van der Waals surface area contributed by atoms with Gasteiger partial charge in [0.25, 0.3) is 5.91 Å². The second-order valence-electron chi connectivity index (χ2n) is 9.47. The number of piperidine rings is 1. The predicted molar refractivity (Wildman–Crippen MR) is 118 cm³/mol. The summed E-state index contributed by atoms with van der Waals surface area (Å²) in [6.07, 6.45) is 3.00. The number of carbonyl (C=O) groups is 3. The first-order valence-electron chi connectivity index (χ1n) is 10.6. The molecule has 0 radical (unpaired) electrons. The monoisotopic (exact) mass is 427 g/mol. The van der Waals surface area contributed by atoms with Crippen LogP contribution in [0.2, 0.25) is 0 Å². The lowest BCUT2D eigenvalue weighted by Crippen LogP contribution is -2.63. The Morgan fingerprint density at radius 3 is 2.29 bits per heavy atom. The van der Waals surface area contributed by atoms with E-state index in [1.807, 2.05) is 53.7 Å². The third kappa shape index (κ3) is 5.25. The van der Waals surface area contributed by atoms with E-state index in [1.165, 1.54) is 6.08 Å². The van der Waals surface area contributed by atoms with Crippen LogP contribution in [0.3, 0.4) is 0 Å². The highest BCUT2D eigenvalue weighted by molar-refractivity contribution is 5.99. The number of ether oxygens (including phenoxy) is 1. The maximum atomic E-state index is 12.9. The van der Waals surface area contributed by atoms with Gasteiger partial charge in [-0.2, -0.15) is 5.26 Å². The summed E-state index contributed by atoms with van der Waals surface area (Å²) >= 11 is 0. The number of amides is 1. The van der Waals surface area contributed by atoms with Crippen LogP contribution in [-0.2, 0) is 25.7 Å². The first-order chi connectivity index (χ1) is 14.3. The van der Waals surface area contributed by atoms with Crippen LogP contribution in [0.25, 0.3) is 6.08 Å². The van der Waals surface area contributed by atoms with E-state index in [1.54, 1.807) is 4.90 Å². The lowest BCUT2D eigenvalue weighted by Gasteiger charge is -2.51. The van der Waals surface area contributed by atoms with E-state index in [0.717, 1.165) is 29.9 Å². The second-order valence-corrected chi connectivity index (χ2v) is 9.47. The Morgan fingerprint density at radius 1 is 1.19 bits per heavy atom. The van der Waals surface area contributed by atoms with Crippen molar-refractivity contribution in [3.05, 3.63) is 28.6 Å². The van der Waals surface area contributed by atoms with E-state index >= 15 is 0 Å². The van der Waals surface area contributed by atoms with Crippen molar-refractivity contribution in [2.24, 2.45) is 0 Å². The minimum atomic E-state index is -0.833.